The Balaban J connectivity index is 2.55. The first-order valence-electron chi connectivity index (χ1n) is 1.78. The average molecular weight is 139 g/mol. The van der Waals surface area contributed by atoms with Crippen LogP contribution < -0.4 is 5.48 Å². The van der Waals surface area contributed by atoms with E-state index in [1.54, 1.807) is 5.48 Å². The minimum absolute atomic E-state index is 0.699. The standard InChI is InChI=1S/C2H3FNO3P/c3-2-1-6-8(5)7-4-2/h1,4,8H. The van der Waals surface area contributed by atoms with Gasteiger partial charge in [0.1, 0.15) is 6.26 Å². The summed E-state index contributed by atoms with van der Waals surface area (Å²) in [6.07, 6.45) is 0.699. The Bertz CT molecular complexity index is 146. The van der Waals surface area contributed by atoms with Crippen LogP contribution in [-0.4, -0.2) is 0 Å². The summed E-state index contributed by atoms with van der Waals surface area (Å²) in [6.45, 7) is 0. The lowest BCUT2D eigenvalue weighted by Crippen LogP contribution is -2.09. The number of halogens is 1. The molecule has 1 aliphatic heterocycles. The predicted octanol–water partition coefficient (Wildman–Crippen LogP) is 0.696. The second kappa shape index (κ2) is 2.15. The van der Waals surface area contributed by atoms with Gasteiger partial charge in [0.05, 0.1) is 0 Å². The highest BCUT2D eigenvalue weighted by atomic mass is 31.1. The second-order valence-corrected chi connectivity index (χ2v) is 1.98. The quantitative estimate of drug-likeness (QED) is 0.396. The Labute approximate surface area is 45.2 Å². The van der Waals surface area contributed by atoms with Crippen LogP contribution >= 0.6 is 8.25 Å². The molecule has 6 heteroatoms. The number of hydroxylamine groups is 1. The van der Waals surface area contributed by atoms with E-state index in [1.807, 2.05) is 0 Å². The zero-order valence-corrected chi connectivity index (χ0v) is 4.68. The van der Waals surface area contributed by atoms with Crippen molar-refractivity contribution in [2.75, 3.05) is 0 Å². The van der Waals surface area contributed by atoms with Crippen LogP contribution in [0.2, 0.25) is 0 Å². The van der Waals surface area contributed by atoms with E-state index in [1.165, 1.54) is 0 Å². The summed E-state index contributed by atoms with van der Waals surface area (Å²) in [7, 11) is -2.50. The van der Waals surface area contributed by atoms with Crippen molar-refractivity contribution in [2.24, 2.45) is 0 Å². The first-order valence-corrected chi connectivity index (χ1v) is 3.00. The van der Waals surface area contributed by atoms with Gasteiger partial charge in [-0.1, -0.05) is 0 Å². The third-order valence-corrected chi connectivity index (χ3v) is 1.07. The molecule has 1 aliphatic rings. The second-order valence-electron chi connectivity index (χ2n) is 1.04. The summed E-state index contributed by atoms with van der Waals surface area (Å²) in [5.41, 5.74) is 1.73. The van der Waals surface area contributed by atoms with Gasteiger partial charge in [0.25, 0.3) is 0 Å². The van der Waals surface area contributed by atoms with Gasteiger partial charge in [-0.2, -0.15) is 9.01 Å². The van der Waals surface area contributed by atoms with E-state index < -0.39 is 14.2 Å². The van der Waals surface area contributed by atoms with E-state index in [0.717, 1.165) is 0 Å². The molecule has 0 saturated carbocycles. The third-order valence-electron chi connectivity index (χ3n) is 0.490. The minimum Gasteiger partial charge on any atom is -0.428 e. The van der Waals surface area contributed by atoms with Crippen molar-refractivity contribution in [3.63, 3.8) is 0 Å². The van der Waals surface area contributed by atoms with Crippen molar-refractivity contribution in [3.05, 3.63) is 12.2 Å². The Morgan fingerprint density at radius 2 is 2.62 bits per heavy atom. The van der Waals surface area contributed by atoms with E-state index in [-0.39, 0.29) is 0 Å². The van der Waals surface area contributed by atoms with Crippen LogP contribution in [0, 0.1) is 0 Å². The van der Waals surface area contributed by atoms with E-state index in [0.29, 0.717) is 6.26 Å². The van der Waals surface area contributed by atoms with Crippen molar-refractivity contribution >= 4 is 8.25 Å². The normalized spacial score (nSPS) is 27.6. The van der Waals surface area contributed by atoms with E-state index in [2.05, 4.69) is 9.15 Å². The van der Waals surface area contributed by atoms with Crippen molar-refractivity contribution in [1.82, 2.24) is 5.48 Å². The molecule has 1 unspecified atom stereocenters. The molecule has 0 aromatic heterocycles. The number of rotatable bonds is 0. The largest absolute Gasteiger partial charge is 0.428 e. The first kappa shape index (κ1) is 5.59. The average Bonchev–Trinajstić information content (AvgIpc) is 1.77. The molecule has 0 spiro atoms. The molecule has 0 bridgehead atoms. The molecule has 1 heterocycles. The summed E-state index contributed by atoms with van der Waals surface area (Å²) in [5.74, 6) is -0.783. The zero-order valence-electron chi connectivity index (χ0n) is 3.68. The number of nitrogens with one attached hydrogen (secondary N) is 1. The molecule has 0 aromatic carbocycles. The topological polar surface area (TPSA) is 47.6 Å². The van der Waals surface area contributed by atoms with Gasteiger partial charge in [-0.15, -0.1) is 0 Å². The molecule has 1 N–H and O–H groups in total. The fraction of sp³-hybridized carbons (Fsp3) is 0. The van der Waals surface area contributed by atoms with Gasteiger partial charge in [0, 0.05) is 0 Å². The van der Waals surface area contributed by atoms with Gasteiger partial charge in [-0.3, -0.25) is 0 Å². The summed E-state index contributed by atoms with van der Waals surface area (Å²) in [5, 5.41) is 0. The Morgan fingerprint density at radius 3 is 3.00 bits per heavy atom. The van der Waals surface area contributed by atoms with Crippen LogP contribution in [-0.2, 0) is 13.7 Å². The van der Waals surface area contributed by atoms with Crippen LogP contribution in [0.3, 0.4) is 0 Å². The lowest BCUT2D eigenvalue weighted by atomic mass is 11.0. The Morgan fingerprint density at radius 1 is 1.88 bits per heavy atom. The molecular formula is C2H3FNO3P. The highest BCUT2D eigenvalue weighted by molar-refractivity contribution is 7.33. The Hall–Kier alpha value is -0.540. The van der Waals surface area contributed by atoms with E-state index >= 15 is 0 Å². The molecule has 0 radical (unpaired) electrons. The zero-order chi connectivity index (χ0) is 5.98. The molecule has 46 valence electrons. The van der Waals surface area contributed by atoms with Gasteiger partial charge in [0.2, 0.25) is 5.95 Å². The highest BCUT2D eigenvalue weighted by Gasteiger charge is 2.06. The minimum atomic E-state index is -2.50. The summed E-state index contributed by atoms with van der Waals surface area (Å²) >= 11 is 0. The van der Waals surface area contributed by atoms with Crippen LogP contribution in [0.1, 0.15) is 0 Å². The number of hydrogen-bond acceptors (Lipinski definition) is 4. The maximum Gasteiger partial charge on any atom is 0.388 e. The van der Waals surface area contributed by atoms with Gasteiger partial charge in [-0.25, -0.2) is 10.0 Å². The van der Waals surface area contributed by atoms with Crippen LogP contribution in [0.25, 0.3) is 0 Å². The molecule has 1 rings (SSSR count). The Kier molecular flexibility index (Phi) is 1.50. The molecule has 0 aromatic rings. The lowest BCUT2D eigenvalue weighted by Gasteiger charge is -2.07. The molecule has 1 atom stereocenters. The molecule has 4 nitrogen and oxygen atoms in total. The monoisotopic (exact) mass is 139 g/mol. The lowest BCUT2D eigenvalue weighted by molar-refractivity contribution is 0.151. The van der Waals surface area contributed by atoms with Crippen LogP contribution in [0.5, 0.6) is 0 Å². The highest BCUT2D eigenvalue weighted by Crippen LogP contribution is 2.26. The van der Waals surface area contributed by atoms with Gasteiger partial charge in [0.15, 0.2) is 0 Å². The van der Waals surface area contributed by atoms with E-state index in [9.17, 15) is 8.96 Å². The van der Waals surface area contributed by atoms with E-state index in [4.69, 9.17) is 0 Å². The maximum atomic E-state index is 11.7. The fourth-order valence-corrected chi connectivity index (χ4v) is 0.667. The fourth-order valence-electron chi connectivity index (χ4n) is 0.238. The van der Waals surface area contributed by atoms with Crippen molar-refractivity contribution in [2.45, 2.75) is 0 Å². The first-order chi connectivity index (χ1) is 3.79. The third kappa shape index (κ3) is 1.21. The maximum absolute atomic E-state index is 11.7. The van der Waals surface area contributed by atoms with Crippen molar-refractivity contribution < 1.29 is 18.1 Å². The summed E-state index contributed by atoms with van der Waals surface area (Å²) < 4.78 is 29.9. The molecule has 0 saturated heterocycles. The van der Waals surface area contributed by atoms with Crippen LogP contribution in [0.4, 0.5) is 4.39 Å². The molecular weight excluding hydrogens is 136 g/mol. The summed E-state index contributed by atoms with van der Waals surface area (Å²) in [4.78, 5) is 0. The van der Waals surface area contributed by atoms with Crippen molar-refractivity contribution in [1.29, 1.82) is 0 Å². The van der Waals surface area contributed by atoms with Gasteiger partial charge < -0.3 is 4.52 Å². The van der Waals surface area contributed by atoms with Crippen molar-refractivity contribution in [3.8, 4) is 0 Å². The molecule has 0 aliphatic carbocycles. The van der Waals surface area contributed by atoms with Gasteiger partial charge >= 0.3 is 8.25 Å². The SMILES string of the molecule is O=[PH]1OC=C(F)NO1. The predicted molar refractivity (Wildman–Crippen MR) is 23.5 cm³/mol. The molecule has 0 fully saturated rings. The van der Waals surface area contributed by atoms with Crippen LogP contribution in [0.15, 0.2) is 12.2 Å². The molecule has 8 heavy (non-hydrogen) atoms. The van der Waals surface area contributed by atoms with Gasteiger partial charge in [-0.05, 0) is 0 Å². The summed E-state index contributed by atoms with van der Waals surface area (Å²) in [6, 6.07) is 0. The molecule has 0 amide bonds. The smallest absolute Gasteiger partial charge is 0.388 e. The number of hydrogen-bond donors (Lipinski definition) is 1.